The van der Waals surface area contributed by atoms with E-state index in [9.17, 15) is 5.11 Å². The number of hydrogen-bond donors (Lipinski definition) is 1. The molecule has 1 N–H and O–H groups in total. The van der Waals surface area contributed by atoms with Crippen molar-refractivity contribution < 1.29 is 9.84 Å². The van der Waals surface area contributed by atoms with Crippen LogP contribution in [-0.4, -0.2) is 12.2 Å². The Labute approximate surface area is 129 Å². The Kier molecular flexibility index (Phi) is 5.02. The standard InChI is InChI=1S/C15H14Br2O2/c1-19-15-5-3-2-4-10(15)8-14(18)12-7-6-11(16)9-13(12)17/h2-7,9,14,18H,8H2,1H3. The predicted molar refractivity (Wildman–Crippen MR) is 83.5 cm³/mol. The van der Waals surface area contributed by atoms with Crippen LogP contribution in [0.2, 0.25) is 0 Å². The fraction of sp³-hybridized carbons (Fsp3) is 0.200. The number of hydrogen-bond acceptors (Lipinski definition) is 2. The summed E-state index contributed by atoms with van der Waals surface area (Å²) in [5.74, 6) is 0.801. The van der Waals surface area contributed by atoms with E-state index in [2.05, 4.69) is 31.9 Å². The Morgan fingerprint density at radius 3 is 2.58 bits per heavy atom. The van der Waals surface area contributed by atoms with Crippen LogP contribution in [0.5, 0.6) is 5.75 Å². The zero-order chi connectivity index (χ0) is 13.8. The van der Waals surface area contributed by atoms with Gasteiger partial charge in [0, 0.05) is 15.4 Å². The Balaban J connectivity index is 2.23. The van der Waals surface area contributed by atoms with E-state index in [-0.39, 0.29) is 0 Å². The molecule has 0 saturated carbocycles. The number of aliphatic hydroxyl groups is 1. The first-order chi connectivity index (χ1) is 9.11. The average molecular weight is 386 g/mol. The monoisotopic (exact) mass is 384 g/mol. The summed E-state index contributed by atoms with van der Waals surface area (Å²) in [4.78, 5) is 0. The second-order valence-electron chi connectivity index (χ2n) is 4.20. The fourth-order valence-electron chi connectivity index (χ4n) is 1.96. The van der Waals surface area contributed by atoms with E-state index in [0.29, 0.717) is 6.42 Å². The van der Waals surface area contributed by atoms with Crippen LogP contribution in [-0.2, 0) is 6.42 Å². The average Bonchev–Trinajstić information content (AvgIpc) is 2.39. The molecule has 2 aromatic carbocycles. The van der Waals surface area contributed by atoms with Gasteiger partial charge in [0.1, 0.15) is 5.75 Å². The predicted octanol–water partition coefficient (Wildman–Crippen LogP) is 4.50. The van der Waals surface area contributed by atoms with Crippen molar-refractivity contribution >= 4 is 31.9 Å². The maximum atomic E-state index is 10.4. The number of benzene rings is 2. The van der Waals surface area contributed by atoms with E-state index < -0.39 is 6.10 Å². The van der Waals surface area contributed by atoms with Crippen molar-refractivity contribution in [3.63, 3.8) is 0 Å². The quantitative estimate of drug-likeness (QED) is 0.839. The smallest absolute Gasteiger partial charge is 0.122 e. The SMILES string of the molecule is COc1ccccc1CC(O)c1ccc(Br)cc1Br. The van der Waals surface area contributed by atoms with Crippen molar-refractivity contribution in [1.82, 2.24) is 0 Å². The van der Waals surface area contributed by atoms with E-state index in [1.54, 1.807) is 7.11 Å². The molecule has 1 atom stereocenters. The van der Waals surface area contributed by atoms with Crippen LogP contribution < -0.4 is 4.74 Å². The summed E-state index contributed by atoms with van der Waals surface area (Å²) in [5.41, 5.74) is 1.86. The molecule has 0 aliphatic heterocycles. The lowest BCUT2D eigenvalue weighted by atomic mass is 10.0. The van der Waals surface area contributed by atoms with Gasteiger partial charge in [-0.1, -0.05) is 56.1 Å². The van der Waals surface area contributed by atoms with Crippen LogP contribution >= 0.6 is 31.9 Å². The molecule has 1 unspecified atom stereocenters. The first-order valence-corrected chi connectivity index (χ1v) is 7.45. The molecular weight excluding hydrogens is 372 g/mol. The van der Waals surface area contributed by atoms with Crippen LogP contribution in [0.25, 0.3) is 0 Å². The zero-order valence-corrected chi connectivity index (χ0v) is 13.6. The van der Waals surface area contributed by atoms with Gasteiger partial charge in [-0.25, -0.2) is 0 Å². The molecule has 0 spiro atoms. The van der Waals surface area contributed by atoms with E-state index in [4.69, 9.17) is 4.74 Å². The summed E-state index contributed by atoms with van der Waals surface area (Å²) in [6, 6.07) is 13.5. The maximum Gasteiger partial charge on any atom is 0.122 e. The fourth-order valence-corrected chi connectivity index (χ4v) is 3.27. The van der Waals surface area contributed by atoms with Crippen LogP contribution in [0.4, 0.5) is 0 Å². The second-order valence-corrected chi connectivity index (χ2v) is 5.97. The van der Waals surface area contributed by atoms with Crippen LogP contribution in [0.15, 0.2) is 51.4 Å². The summed E-state index contributed by atoms with van der Waals surface area (Å²) in [5, 5.41) is 10.4. The van der Waals surface area contributed by atoms with E-state index in [0.717, 1.165) is 25.8 Å². The highest BCUT2D eigenvalue weighted by atomic mass is 79.9. The molecule has 2 rings (SSSR count). The number of methoxy groups -OCH3 is 1. The van der Waals surface area contributed by atoms with Crippen molar-refractivity contribution in [2.75, 3.05) is 7.11 Å². The minimum absolute atomic E-state index is 0.518. The molecule has 0 bridgehead atoms. The topological polar surface area (TPSA) is 29.5 Å². The van der Waals surface area contributed by atoms with Gasteiger partial charge >= 0.3 is 0 Å². The number of ether oxygens (including phenoxy) is 1. The Morgan fingerprint density at radius 1 is 1.16 bits per heavy atom. The largest absolute Gasteiger partial charge is 0.496 e. The van der Waals surface area contributed by atoms with Gasteiger partial charge in [0.15, 0.2) is 0 Å². The summed E-state index contributed by atoms with van der Waals surface area (Å²) >= 11 is 6.88. The maximum absolute atomic E-state index is 10.4. The van der Waals surface area contributed by atoms with Gasteiger partial charge in [0.05, 0.1) is 13.2 Å². The van der Waals surface area contributed by atoms with Gasteiger partial charge in [0.25, 0.3) is 0 Å². The Bertz CT molecular complexity index is 570. The van der Waals surface area contributed by atoms with Gasteiger partial charge in [0.2, 0.25) is 0 Å². The molecular formula is C15H14Br2O2. The van der Waals surface area contributed by atoms with E-state index >= 15 is 0 Å². The van der Waals surface area contributed by atoms with Crippen molar-refractivity contribution in [3.8, 4) is 5.75 Å². The number of halogens is 2. The number of para-hydroxylation sites is 1. The highest BCUT2D eigenvalue weighted by Crippen LogP contribution is 2.30. The number of aliphatic hydroxyl groups excluding tert-OH is 1. The van der Waals surface area contributed by atoms with Gasteiger partial charge < -0.3 is 9.84 Å². The van der Waals surface area contributed by atoms with Crippen molar-refractivity contribution in [3.05, 3.63) is 62.5 Å². The van der Waals surface area contributed by atoms with E-state index in [1.807, 2.05) is 42.5 Å². The lowest BCUT2D eigenvalue weighted by Crippen LogP contribution is -2.04. The van der Waals surface area contributed by atoms with Gasteiger partial charge in [-0.05, 0) is 29.3 Å². The lowest BCUT2D eigenvalue weighted by molar-refractivity contribution is 0.176. The van der Waals surface area contributed by atoms with Crippen molar-refractivity contribution in [2.24, 2.45) is 0 Å². The molecule has 0 heterocycles. The molecule has 19 heavy (non-hydrogen) atoms. The highest BCUT2D eigenvalue weighted by Gasteiger charge is 2.14. The normalized spacial score (nSPS) is 12.2. The molecule has 2 nitrogen and oxygen atoms in total. The molecule has 0 radical (unpaired) electrons. The molecule has 2 aromatic rings. The summed E-state index contributed by atoms with van der Waals surface area (Å²) in [7, 11) is 1.64. The summed E-state index contributed by atoms with van der Waals surface area (Å²) in [6.07, 6.45) is -0.0525. The highest BCUT2D eigenvalue weighted by molar-refractivity contribution is 9.11. The minimum atomic E-state index is -0.571. The van der Waals surface area contributed by atoms with Crippen LogP contribution in [0.1, 0.15) is 17.2 Å². The van der Waals surface area contributed by atoms with Gasteiger partial charge in [-0.2, -0.15) is 0 Å². The third-order valence-corrected chi connectivity index (χ3v) is 4.11. The van der Waals surface area contributed by atoms with Gasteiger partial charge in [-0.15, -0.1) is 0 Å². The second kappa shape index (κ2) is 6.55. The molecule has 0 aliphatic rings. The van der Waals surface area contributed by atoms with Crippen molar-refractivity contribution in [2.45, 2.75) is 12.5 Å². The molecule has 4 heteroatoms. The molecule has 0 aromatic heterocycles. The van der Waals surface area contributed by atoms with Crippen LogP contribution in [0.3, 0.4) is 0 Å². The Hall–Kier alpha value is -0.840. The molecule has 0 fully saturated rings. The Morgan fingerprint density at radius 2 is 1.89 bits per heavy atom. The van der Waals surface area contributed by atoms with E-state index in [1.165, 1.54) is 0 Å². The minimum Gasteiger partial charge on any atom is -0.496 e. The molecule has 0 saturated heterocycles. The third kappa shape index (κ3) is 3.59. The van der Waals surface area contributed by atoms with Gasteiger partial charge in [-0.3, -0.25) is 0 Å². The molecule has 100 valence electrons. The summed E-state index contributed by atoms with van der Waals surface area (Å²) in [6.45, 7) is 0. The first-order valence-electron chi connectivity index (χ1n) is 5.86. The molecule has 0 aliphatic carbocycles. The van der Waals surface area contributed by atoms with Crippen molar-refractivity contribution in [1.29, 1.82) is 0 Å². The van der Waals surface area contributed by atoms with Crippen LogP contribution in [0, 0.1) is 0 Å². The zero-order valence-electron chi connectivity index (χ0n) is 10.4. The first kappa shape index (κ1) is 14.6. The summed E-state index contributed by atoms with van der Waals surface area (Å²) < 4.78 is 7.17. The molecule has 0 amide bonds. The number of rotatable bonds is 4. The lowest BCUT2D eigenvalue weighted by Gasteiger charge is -2.15. The third-order valence-electron chi connectivity index (χ3n) is 2.93.